The summed E-state index contributed by atoms with van der Waals surface area (Å²) in [5, 5.41) is 12.1. The molecule has 0 bridgehead atoms. The van der Waals surface area contributed by atoms with Gasteiger partial charge in [0.05, 0.1) is 6.61 Å². The second-order valence-corrected chi connectivity index (χ2v) is 5.15. The fourth-order valence-corrected chi connectivity index (χ4v) is 2.08. The molecule has 0 spiro atoms. The fourth-order valence-electron chi connectivity index (χ4n) is 2.08. The summed E-state index contributed by atoms with van der Waals surface area (Å²) in [7, 11) is 1.91. The van der Waals surface area contributed by atoms with Crippen molar-refractivity contribution in [3.05, 3.63) is 0 Å². The predicted molar refractivity (Wildman–Crippen MR) is 59.4 cm³/mol. The first-order valence-electron chi connectivity index (χ1n) is 5.58. The highest BCUT2D eigenvalue weighted by atomic mass is 16.3. The first-order chi connectivity index (χ1) is 6.57. The lowest BCUT2D eigenvalue weighted by molar-refractivity contribution is 0.217. The zero-order valence-corrected chi connectivity index (χ0v) is 9.71. The summed E-state index contributed by atoms with van der Waals surface area (Å²) in [5.74, 6) is 0. The van der Waals surface area contributed by atoms with Crippen molar-refractivity contribution in [3.8, 4) is 0 Å². The van der Waals surface area contributed by atoms with E-state index in [1.165, 1.54) is 19.5 Å². The highest BCUT2D eigenvalue weighted by Crippen LogP contribution is 2.28. The molecule has 3 heteroatoms. The van der Waals surface area contributed by atoms with Crippen LogP contribution in [0.1, 0.15) is 26.7 Å². The standard InChI is InChI=1S/C11H24N2O/c1-11(2)5-7-13(9-11)6-4-10(8-14)12-3/h10,12,14H,4-9H2,1-3H3. The fraction of sp³-hybridized carbons (Fsp3) is 1.00. The number of likely N-dealkylation sites (tertiary alicyclic amines) is 1. The van der Waals surface area contributed by atoms with Gasteiger partial charge in [-0.25, -0.2) is 0 Å². The maximum Gasteiger partial charge on any atom is 0.0585 e. The first kappa shape index (κ1) is 12.0. The van der Waals surface area contributed by atoms with Gasteiger partial charge in [-0.1, -0.05) is 13.8 Å². The predicted octanol–water partition coefficient (Wildman–Crippen LogP) is 0.689. The minimum Gasteiger partial charge on any atom is -0.395 e. The molecule has 1 heterocycles. The molecule has 0 radical (unpaired) electrons. The van der Waals surface area contributed by atoms with Crippen molar-refractivity contribution in [3.63, 3.8) is 0 Å². The number of rotatable bonds is 5. The summed E-state index contributed by atoms with van der Waals surface area (Å²) in [6.45, 7) is 8.43. The number of hydrogen-bond acceptors (Lipinski definition) is 3. The lowest BCUT2D eigenvalue weighted by Gasteiger charge is -2.21. The molecule has 0 aromatic carbocycles. The second-order valence-electron chi connectivity index (χ2n) is 5.15. The quantitative estimate of drug-likeness (QED) is 0.685. The SMILES string of the molecule is CNC(CO)CCN1CCC(C)(C)C1. The van der Waals surface area contributed by atoms with Gasteiger partial charge < -0.3 is 15.3 Å². The molecule has 1 rings (SSSR count). The van der Waals surface area contributed by atoms with Crippen LogP contribution in [0.4, 0.5) is 0 Å². The number of aliphatic hydroxyl groups excluding tert-OH is 1. The first-order valence-corrected chi connectivity index (χ1v) is 5.58. The second kappa shape index (κ2) is 5.10. The monoisotopic (exact) mass is 200 g/mol. The van der Waals surface area contributed by atoms with Crippen molar-refractivity contribution in [1.82, 2.24) is 10.2 Å². The van der Waals surface area contributed by atoms with Gasteiger partial charge in [-0.15, -0.1) is 0 Å². The molecule has 3 nitrogen and oxygen atoms in total. The Balaban J connectivity index is 2.20. The van der Waals surface area contributed by atoms with E-state index in [1.807, 2.05) is 7.05 Å². The van der Waals surface area contributed by atoms with Gasteiger partial charge in [-0.2, -0.15) is 0 Å². The summed E-state index contributed by atoms with van der Waals surface area (Å²) >= 11 is 0. The number of likely N-dealkylation sites (N-methyl/N-ethyl adjacent to an activating group) is 1. The van der Waals surface area contributed by atoms with Gasteiger partial charge in [0.15, 0.2) is 0 Å². The average Bonchev–Trinajstić information content (AvgIpc) is 2.47. The maximum atomic E-state index is 9.02. The largest absolute Gasteiger partial charge is 0.395 e. The molecule has 0 aliphatic carbocycles. The third kappa shape index (κ3) is 3.56. The molecule has 0 saturated carbocycles. The molecule has 1 aliphatic rings. The van der Waals surface area contributed by atoms with Crippen LogP contribution in [0, 0.1) is 5.41 Å². The van der Waals surface area contributed by atoms with E-state index in [0.717, 1.165) is 13.0 Å². The van der Waals surface area contributed by atoms with Crippen LogP contribution in [0.15, 0.2) is 0 Å². The molecule has 1 atom stereocenters. The van der Waals surface area contributed by atoms with Gasteiger partial charge in [0.2, 0.25) is 0 Å². The summed E-state index contributed by atoms with van der Waals surface area (Å²) in [5.41, 5.74) is 0.494. The van der Waals surface area contributed by atoms with Crippen LogP contribution in [0.2, 0.25) is 0 Å². The Bertz CT molecular complexity index is 167. The third-order valence-electron chi connectivity index (χ3n) is 3.18. The van der Waals surface area contributed by atoms with Crippen molar-refractivity contribution >= 4 is 0 Å². The van der Waals surface area contributed by atoms with Crippen molar-refractivity contribution in [2.24, 2.45) is 5.41 Å². The van der Waals surface area contributed by atoms with Crippen molar-refractivity contribution in [2.75, 3.05) is 33.3 Å². The average molecular weight is 200 g/mol. The van der Waals surface area contributed by atoms with Gasteiger partial charge in [-0.3, -0.25) is 0 Å². The Hall–Kier alpha value is -0.120. The molecule has 84 valence electrons. The normalized spacial score (nSPS) is 24.0. The Morgan fingerprint density at radius 3 is 2.64 bits per heavy atom. The van der Waals surface area contributed by atoms with Crippen LogP contribution >= 0.6 is 0 Å². The third-order valence-corrected chi connectivity index (χ3v) is 3.18. The van der Waals surface area contributed by atoms with Gasteiger partial charge >= 0.3 is 0 Å². The molecule has 14 heavy (non-hydrogen) atoms. The molecule has 1 aliphatic heterocycles. The van der Waals surface area contributed by atoms with Crippen LogP contribution in [0.25, 0.3) is 0 Å². The zero-order valence-electron chi connectivity index (χ0n) is 9.71. The number of hydrogen-bond donors (Lipinski definition) is 2. The minimum absolute atomic E-state index is 0.244. The van der Waals surface area contributed by atoms with Crippen molar-refractivity contribution in [1.29, 1.82) is 0 Å². The zero-order chi connectivity index (χ0) is 10.6. The molecule has 0 aromatic heterocycles. The Morgan fingerprint density at radius 1 is 1.50 bits per heavy atom. The van der Waals surface area contributed by atoms with Crippen molar-refractivity contribution < 1.29 is 5.11 Å². The minimum atomic E-state index is 0.244. The van der Waals surface area contributed by atoms with Crippen LogP contribution < -0.4 is 5.32 Å². The van der Waals surface area contributed by atoms with Crippen LogP contribution in [0.5, 0.6) is 0 Å². The summed E-state index contributed by atoms with van der Waals surface area (Å²) in [6.07, 6.45) is 2.35. The molecule has 0 amide bonds. The maximum absolute atomic E-state index is 9.02. The van der Waals surface area contributed by atoms with Crippen LogP contribution in [-0.2, 0) is 0 Å². The van der Waals surface area contributed by atoms with E-state index >= 15 is 0 Å². The number of nitrogens with one attached hydrogen (secondary N) is 1. The van der Waals surface area contributed by atoms with E-state index < -0.39 is 0 Å². The van der Waals surface area contributed by atoms with Gasteiger partial charge in [0, 0.05) is 12.6 Å². The lowest BCUT2D eigenvalue weighted by Crippen LogP contribution is -2.34. The van der Waals surface area contributed by atoms with E-state index in [-0.39, 0.29) is 12.6 Å². The highest BCUT2D eigenvalue weighted by molar-refractivity contribution is 4.83. The van der Waals surface area contributed by atoms with Crippen LogP contribution in [-0.4, -0.2) is 49.3 Å². The van der Waals surface area contributed by atoms with Crippen molar-refractivity contribution in [2.45, 2.75) is 32.7 Å². The van der Waals surface area contributed by atoms with Crippen LogP contribution in [0.3, 0.4) is 0 Å². The van der Waals surface area contributed by atoms with Gasteiger partial charge in [0.25, 0.3) is 0 Å². The highest BCUT2D eigenvalue weighted by Gasteiger charge is 2.28. The van der Waals surface area contributed by atoms with E-state index in [9.17, 15) is 0 Å². The van der Waals surface area contributed by atoms with Gasteiger partial charge in [0.1, 0.15) is 0 Å². The van der Waals surface area contributed by atoms with E-state index in [1.54, 1.807) is 0 Å². The molecular formula is C11H24N2O. The number of aliphatic hydroxyl groups is 1. The topological polar surface area (TPSA) is 35.5 Å². The summed E-state index contributed by atoms with van der Waals surface area (Å²) in [4.78, 5) is 2.50. The smallest absolute Gasteiger partial charge is 0.0585 e. The molecular weight excluding hydrogens is 176 g/mol. The Morgan fingerprint density at radius 2 is 2.21 bits per heavy atom. The summed E-state index contributed by atoms with van der Waals surface area (Å²) in [6, 6.07) is 0.263. The van der Waals surface area contributed by atoms with E-state index in [4.69, 9.17) is 5.11 Å². The number of nitrogens with zero attached hydrogens (tertiary/aromatic N) is 1. The van der Waals surface area contributed by atoms with Gasteiger partial charge in [-0.05, 0) is 38.4 Å². The van der Waals surface area contributed by atoms with E-state index in [2.05, 4.69) is 24.1 Å². The summed E-state index contributed by atoms with van der Waals surface area (Å²) < 4.78 is 0. The molecule has 1 fully saturated rings. The molecule has 0 aromatic rings. The lowest BCUT2D eigenvalue weighted by atomic mass is 9.93. The molecule has 1 unspecified atom stereocenters. The Kier molecular flexibility index (Phi) is 4.35. The molecule has 2 N–H and O–H groups in total. The Labute approximate surface area is 87.5 Å². The van der Waals surface area contributed by atoms with E-state index in [0.29, 0.717) is 5.41 Å². The molecule has 1 saturated heterocycles.